The van der Waals surface area contributed by atoms with Gasteiger partial charge in [0, 0.05) is 18.6 Å². The zero-order valence-electron chi connectivity index (χ0n) is 13.4. The van der Waals surface area contributed by atoms with Crippen LogP contribution in [0.4, 0.5) is 5.69 Å². The second-order valence-corrected chi connectivity index (χ2v) is 6.11. The summed E-state index contributed by atoms with van der Waals surface area (Å²) in [5.41, 5.74) is 7.39. The van der Waals surface area contributed by atoms with Crippen molar-refractivity contribution in [1.29, 1.82) is 0 Å². The number of amides is 1. The normalized spacial score (nSPS) is 11.8. The van der Waals surface area contributed by atoms with Crippen LogP contribution in [-0.2, 0) is 11.3 Å². The van der Waals surface area contributed by atoms with Crippen LogP contribution in [0.3, 0.4) is 0 Å². The van der Waals surface area contributed by atoms with E-state index in [1.807, 2.05) is 32.9 Å². The Balaban J connectivity index is 0.00000242. The Morgan fingerprint density at radius 3 is 2.48 bits per heavy atom. The number of nitrogens with one attached hydrogen (secondary N) is 1. The zero-order valence-corrected chi connectivity index (χ0v) is 15.0. The van der Waals surface area contributed by atoms with Crippen molar-refractivity contribution in [1.82, 2.24) is 14.8 Å². The first-order valence-corrected chi connectivity index (χ1v) is 6.84. The maximum absolute atomic E-state index is 12.0. The van der Waals surface area contributed by atoms with Crippen molar-refractivity contribution in [3.05, 3.63) is 42.5 Å². The van der Waals surface area contributed by atoms with Gasteiger partial charge in [0.05, 0.1) is 24.5 Å². The van der Waals surface area contributed by atoms with Crippen molar-refractivity contribution in [2.45, 2.75) is 33.4 Å². The number of carbonyl (C=O) groups is 1. The molecule has 0 spiro atoms. The van der Waals surface area contributed by atoms with Crippen LogP contribution in [0.5, 0.6) is 0 Å². The van der Waals surface area contributed by atoms with Gasteiger partial charge in [0.1, 0.15) is 0 Å². The number of rotatable bonds is 4. The van der Waals surface area contributed by atoms with Crippen LogP contribution in [0.15, 0.2) is 36.9 Å². The first-order chi connectivity index (χ1) is 9.86. The maximum Gasteiger partial charge on any atom is 0.241 e. The van der Waals surface area contributed by atoms with Gasteiger partial charge in [-0.3, -0.25) is 14.5 Å². The van der Waals surface area contributed by atoms with Gasteiger partial charge in [-0.15, -0.1) is 24.8 Å². The summed E-state index contributed by atoms with van der Waals surface area (Å²) in [5.74, 6) is -0.203. The lowest BCUT2D eigenvalue weighted by Crippen LogP contribution is -2.45. The molecule has 23 heavy (non-hydrogen) atoms. The smallest absolute Gasteiger partial charge is 0.241 e. The van der Waals surface area contributed by atoms with Crippen LogP contribution in [0.25, 0.3) is 0 Å². The molecule has 0 saturated carbocycles. The number of hydrogen-bond acceptors (Lipinski definition) is 4. The van der Waals surface area contributed by atoms with Crippen LogP contribution in [0.1, 0.15) is 26.3 Å². The average molecular weight is 360 g/mol. The van der Waals surface area contributed by atoms with Gasteiger partial charge in [-0.2, -0.15) is 5.10 Å². The van der Waals surface area contributed by atoms with Crippen LogP contribution in [0.2, 0.25) is 0 Å². The highest BCUT2D eigenvalue weighted by Gasteiger charge is 2.27. The Bertz CT molecular complexity index is 610. The molecule has 0 saturated heterocycles. The lowest BCUT2D eigenvalue weighted by Gasteiger charge is -2.25. The largest absolute Gasteiger partial charge is 0.322 e. The van der Waals surface area contributed by atoms with Gasteiger partial charge in [-0.25, -0.2) is 0 Å². The van der Waals surface area contributed by atoms with E-state index >= 15 is 0 Å². The Morgan fingerprint density at radius 2 is 1.91 bits per heavy atom. The summed E-state index contributed by atoms with van der Waals surface area (Å²) in [6.07, 6.45) is 6.88. The van der Waals surface area contributed by atoms with E-state index in [1.165, 1.54) is 0 Å². The molecule has 1 amide bonds. The zero-order chi connectivity index (χ0) is 15.5. The molecule has 0 aromatic carbocycles. The predicted molar refractivity (Wildman–Crippen MR) is 96.1 cm³/mol. The Morgan fingerprint density at radius 1 is 1.30 bits per heavy atom. The third-order valence-electron chi connectivity index (χ3n) is 3.21. The SMILES string of the molecule is CC(C)(C)[C@H](N)C(=O)Nc1cnn(Cc2ccncc2)c1.Cl.Cl. The summed E-state index contributed by atoms with van der Waals surface area (Å²) in [6, 6.07) is 3.28. The molecular formula is C15H23Cl2N5O. The molecule has 0 radical (unpaired) electrons. The molecule has 0 aliphatic carbocycles. The summed E-state index contributed by atoms with van der Waals surface area (Å²) in [7, 11) is 0. The van der Waals surface area contributed by atoms with E-state index in [1.54, 1.807) is 29.5 Å². The number of pyridine rings is 1. The van der Waals surface area contributed by atoms with E-state index in [0.717, 1.165) is 5.56 Å². The van der Waals surface area contributed by atoms with Crippen molar-refractivity contribution >= 4 is 36.4 Å². The molecule has 1 atom stereocenters. The molecule has 2 heterocycles. The minimum atomic E-state index is -0.568. The van der Waals surface area contributed by atoms with E-state index in [-0.39, 0.29) is 36.1 Å². The molecule has 2 aromatic heterocycles. The summed E-state index contributed by atoms with van der Waals surface area (Å²) in [6.45, 7) is 6.43. The number of nitrogens with two attached hydrogens (primary N) is 1. The highest BCUT2D eigenvalue weighted by Crippen LogP contribution is 2.18. The number of carbonyl (C=O) groups excluding carboxylic acids is 1. The third kappa shape index (κ3) is 6.17. The standard InChI is InChI=1S/C15H21N5O.2ClH/c1-15(2,3)13(16)14(21)19-12-8-18-20(10-12)9-11-4-6-17-7-5-11;;/h4-8,10,13H,9,16H2,1-3H3,(H,19,21);2*1H/t13-;;/m1../s1. The summed E-state index contributed by atoms with van der Waals surface area (Å²) in [4.78, 5) is 16.0. The molecule has 0 fully saturated rings. The fourth-order valence-electron chi connectivity index (χ4n) is 1.80. The fourth-order valence-corrected chi connectivity index (χ4v) is 1.80. The number of halogens is 2. The van der Waals surface area contributed by atoms with Gasteiger partial charge in [0.2, 0.25) is 5.91 Å². The Hall–Kier alpha value is -1.63. The summed E-state index contributed by atoms with van der Waals surface area (Å²) in [5, 5.41) is 7.02. The number of nitrogens with zero attached hydrogens (tertiary/aromatic N) is 3. The molecule has 2 rings (SSSR count). The Kier molecular flexibility index (Phi) is 8.23. The van der Waals surface area contributed by atoms with Crippen LogP contribution >= 0.6 is 24.8 Å². The topological polar surface area (TPSA) is 85.8 Å². The molecule has 0 unspecified atom stereocenters. The molecule has 2 aromatic rings. The van der Waals surface area contributed by atoms with Crippen molar-refractivity contribution in [2.24, 2.45) is 11.1 Å². The molecule has 6 nitrogen and oxygen atoms in total. The minimum Gasteiger partial charge on any atom is -0.322 e. The molecule has 3 N–H and O–H groups in total. The van der Waals surface area contributed by atoms with Crippen molar-refractivity contribution in [2.75, 3.05) is 5.32 Å². The van der Waals surface area contributed by atoms with E-state index in [9.17, 15) is 4.79 Å². The molecule has 8 heteroatoms. The van der Waals surface area contributed by atoms with E-state index in [4.69, 9.17) is 5.73 Å². The molecule has 128 valence electrons. The minimum absolute atomic E-state index is 0. The lowest BCUT2D eigenvalue weighted by molar-refractivity contribution is -0.119. The first-order valence-electron chi connectivity index (χ1n) is 6.84. The van der Waals surface area contributed by atoms with Gasteiger partial charge in [-0.1, -0.05) is 20.8 Å². The van der Waals surface area contributed by atoms with Gasteiger partial charge >= 0.3 is 0 Å². The van der Waals surface area contributed by atoms with Crippen molar-refractivity contribution < 1.29 is 4.79 Å². The van der Waals surface area contributed by atoms with E-state index in [2.05, 4.69) is 15.4 Å². The lowest BCUT2D eigenvalue weighted by atomic mass is 9.87. The van der Waals surface area contributed by atoms with E-state index in [0.29, 0.717) is 12.2 Å². The monoisotopic (exact) mass is 359 g/mol. The number of hydrogen-bond donors (Lipinski definition) is 2. The molecular weight excluding hydrogens is 337 g/mol. The highest BCUT2D eigenvalue weighted by atomic mass is 35.5. The van der Waals surface area contributed by atoms with Crippen LogP contribution < -0.4 is 11.1 Å². The molecule has 0 aliphatic heterocycles. The molecule has 0 aliphatic rings. The third-order valence-corrected chi connectivity index (χ3v) is 3.21. The quantitative estimate of drug-likeness (QED) is 0.877. The summed E-state index contributed by atoms with van der Waals surface area (Å²) >= 11 is 0. The average Bonchev–Trinajstić information content (AvgIpc) is 2.85. The Labute approximate surface area is 148 Å². The van der Waals surface area contributed by atoms with Crippen molar-refractivity contribution in [3.8, 4) is 0 Å². The van der Waals surface area contributed by atoms with Crippen LogP contribution in [-0.4, -0.2) is 26.7 Å². The van der Waals surface area contributed by atoms with Gasteiger partial charge in [0.15, 0.2) is 0 Å². The maximum atomic E-state index is 12.0. The molecule has 0 bridgehead atoms. The number of anilines is 1. The summed E-state index contributed by atoms with van der Waals surface area (Å²) < 4.78 is 1.76. The van der Waals surface area contributed by atoms with Gasteiger partial charge < -0.3 is 11.1 Å². The van der Waals surface area contributed by atoms with Gasteiger partial charge in [0.25, 0.3) is 0 Å². The highest BCUT2D eigenvalue weighted by molar-refractivity contribution is 5.94. The number of aromatic nitrogens is 3. The predicted octanol–water partition coefficient (Wildman–Crippen LogP) is 2.48. The second-order valence-electron chi connectivity index (χ2n) is 6.11. The fraction of sp³-hybridized carbons (Fsp3) is 0.400. The van der Waals surface area contributed by atoms with E-state index < -0.39 is 6.04 Å². The van der Waals surface area contributed by atoms with Crippen LogP contribution in [0, 0.1) is 5.41 Å². The van der Waals surface area contributed by atoms with Gasteiger partial charge in [-0.05, 0) is 23.1 Å². The first kappa shape index (κ1) is 21.4. The second kappa shape index (κ2) is 8.86. The van der Waals surface area contributed by atoms with Crippen molar-refractivity contribution in [3.63, 3.8) is 0 Å².